The number of hydrogen-bond donors (Lipinski definition) is 1. The van der Waals surface area contributed by atoms with Crippen LogP contribution in [-0.2, 0) is 11.8 Å². The van der Waals surface area contributed by atoms with E-state index < -0.39 is 0 Å². The molecule has 0 unspecified atom stereocenters. The molecule has 3 atom stereocenters. The molecule has 2 fully saturated rings. The monoisotopic (exact) mass is 271 g/mol. The summed E-state index contributed by atoms with van der Waals surface area (Å²) in [7, 11) is 2.31. The summed E-state index contributed by atoms with van der Waals surface area (Å²) in [5, 5.41) is 10.1. The molecule has 4 rings (SSSR count). The average Bonchev–Trinajstić information content (AvgIpc) is 2.44. The van der Waals surface area contributed by atoms with Crippen molar-refractivity contribution in [2.24, 2.45) is 5.92 Å². The number of phenols is 1. The Labute approximate surface area is 121 Å². The lowest BCUT2D eigenvalue weighted by molar-refractivity contribution is 0.00257. The van der Waals surface area contributed by atoms with Crippen molar-refractivity contribution in [1.82, 2.24) is 4.90 Å². The normalized spacial score (nSPS) is 36.3. The van der Waals surface area contributed by atoms with E-state index >= 15 is 0 Å². The number of likely N-dealkylation sites (N-methyl/N-ethyl adjacent to an activating group) is 1. The number of fused-ring (bicyclic) bond motifs is 1. The van der Waals surface area contributed by atoms with Gasteiger partial charge in [0.2, 0.25) is 0 Å². The highest BCUT2D eigenvalue weighted by molar-refractivity contribution is 5.49. The van der Waals surface area contributed by atoms with Gasteiger partial charge in [0.1, 0.15) is 5.75 Å². The first-order valence-electron chi connectivity index (χ1n) is 8.15. The lowest BCUT2D eigenvalue weighted by atomic mass is 9.52. The quantitative estimate of drug-likeness (QED) is 0.782. The van der Waals surface area contributed by atoms with E-state index in [4.69, 9.17) is 0 Å². The van der Waals surface area contributed by atoms with Crippen LogP contribution in [0.3, 0.4) is 0 Å². The van der Waals surface area contributed by atoms with Gasteiger partial charge in [-0.2, -0.15) is 0 Å². The minimum absolute atomic E-state index is 0.368. The van der Waals surface area contributed by atoms with Crippen LogP contribution in [0.4, 0.5) is 0 Å². The largest absolute Gasteiger partial charge is 0.508 e. The van der Waals surface area contributed by atoms with Gasteiger partial charge in [-0.05, 0) is 80.9 Å². The molecule has 20 heavy (non-hydrogen) atoms. The molecular formula is C18H25NO. The van der Waals surface area contributed by atoms with Crippen molar-refractivity contribution in [2.45, 2.75) is 56.9 Å². The molecule has 3 aliphatic rings. The summed E-state index contributed by atoms with van der Waals surface area (Å²) in [6, 6.07) is 4.77. The number of piperidine rings is 1. The Morgan fingerprint density at radius 2 is 2.10 bits per heavy atom. The number of benzene rings is 1. The molecule has 1 saturated carbocycles. The molecule has 2 heteroatoms. The summed E-state index contributed by atoms with van der Waals surface area (Å²) in [5.74, 6) is 1.28. The summed E-state index contributed by atoms with van der Waals surface area (Å²) in [6.07, 6.45) is 7.93. The van der Waals surface area contributed by atoms with Crippen molar-refractivity contribution in [1.29, 1.82) is 0 Å². The second-order valence-electron chi connectivity index (χ2n) is 7.30. The highest BCUT2D eigenvalue weighted by Gasteiger charge is 2.53. The van der Waals surface area contributed by atoms with Gasteiger partial charge in [0.25, 0.3) is 0 Å². The molecule has 108 valence electrons. The van der Waals surface area contributed by atoms with Crippen molar-refractivity contribution in [3.8, 4) is 5.75 Å². The number of aryl methyl sites for hydroxylation is 1. The fourth-order valence-corrected chi connectivity index (χ4v) is 5.48. The minimum atomic E-state index is 0.368. The summed E-state index contributed by atoms with van der Waals surface area (Å²) < 4.78 is 0. The highest BCUT2D eigenvalue weighted by Crippen LogP contribution is 2.56. The average molecular weight is 271 g/mol. The SMILES string of the molecule is Cc1cc(O)cc2c1C[C@H]1[C@@H]3CCCC[C@@]23CCN1C. The summed E-state index contributed by atoms with van der Waals surface area (Å²) in [5.41, 5.74) is 4.71. The van der Waals surface area contributed by atoms with Crippen LogP contribution >= 0.6 is 0 Å². The zero-order valence-electron chi connectivity index (χ0n) is 12.7. The summed E-state index contributed by atoms with van der Waals surface area (Å²) >= 11 is 0. The van der Waals surface area contributed by atoms with Crippen molar-refractivity contribution in [3.63, 3.8) is 0 Å². The molecule has 1 saturated heterocycles. The Morgan fingerprint density at radius 3 is 2.95 bits per heavy atom. The zero-order chi connectivity index (χ0) is 13.9. The lowest BCUT2D eigenvalue weighted by Crippen LogP contribution is -2.59. The topological polar surface area (TPSA) is 23.5 Å². The van der Waals surface area contributed by atoms with E-state index in [1.807, 2.05) is 6.07 Å². The van der Waals surface area contributed by atoms with Crippen molar-refractivity contribution in [3.05, 3.63) is 28.8 Å². The Kier molecular flexibility index (Phi) is 2.69. The van der Waals surface area contributed by atoms with Crippen LogP contribution in [0.25, 0.3) is 0 Å². The molecule has 2 bridgehead atoms. The van der Waals surface area contributed by atoms with Crippen LogP contribution < -0.4 is 0 Å². The standard InChI is InChI=1S/C18H25NO/c1-12-9-13(20)10-16-14(12)11-17-15-5-3-4-6-18(15,16)7-8-19(17)2/h9-10,15,17,20H,3-8,11H2,1-2H3/t15-,17-,18-/m0/s1. The van der Waals surface area contributed by atoms with E-state index in [0.717, 1.165) is 12.0 Å². The molecule has 2 nitrogen and oxygen atoms in total. The number of likely N-dealkylation sites (tertiary alicyclic amines) is 1. The molecule has 1 aliphatic heterocycles. The van der Waals surface area contributed by atoms with Crippen LogP contribution in [-0.4, -0.2) is 29.6 Å². The van der Waals surface area contributed by atoms with Gasteiger partial charge in [0.05, 0.1) is 0 Å². The van der Waals surface area contributed by atoms with Crippen LogP contribution in [0.2, 0.25) is 0 Å². The summed E-state index contributed by atoms with van der Waals surface area (Å²) in [6.45, 7) is 3.39. The maximum Gasteiger partial charge on any atom is 0.116 e. The van der Waals surface area contributed by atoms with Crippen LogP contribution in [0.1, 0.15) is 48.8 Å². The fraction of sp³-hybridized carbons (Fsp3) is 0.667. The first-order valence-corrected chi connectivity index (χ1v) is 8.15. The number of hydrogen-bond acceptors (Lipinski definition) is 2. The molecule has 1 aromatic carbocycles. The Hall–Kier alpha value is -1.02. The van der Waals surface area contributed by atoms with Gasteiger partial charge in [-0.3, -0.25) is 0 Å². The molecule has 1 aromatic rings. The highest BCUT2D eigenvalue weighted by atomic mass is 16.3. The van der Waals surface area contributed by atoms with Gasteiger partial charge in [0, 0.05) is 11.5 Å². The minimum Gasteiger partial charge on any atom is -0.508 e. The van der Waals surface area contributed by atoms with E-state index in [1.54, 1.807) is 0 Å². The second-order valence-corrected chi connectivity index (χ2v) is 7.30. The maximum atomic E-state index is 10.1. The van der Waals surface area contributed by atoms with Gasteiger partial charge in [-0.1, -0.05) is 12.8 Å². The van der Waals surface area contributed by atoms with Crippen molar-refractivity contribution in [2.75, 3.05) is 13.6 Å². The molecule has 0 spiro atoms. The molecule has 0 aromatic heterocycles. The van der Waals surface area contributed by atoms with Crippen molar-refractivity contribution < 1.29 is 5.11 Å². The lowest BCUT2D eigenvalue weighted by Gasteiger charge is -2.58. The van der Waals surface area contributed by atoms with Crippen LogP contribution in [0, 0.1) is 12.8 Å². The van der Waals surface area contributed by atoms with Gasteiger partial charge in [-0.25, -0.2) is 0 Å². The third-order valence-electron chi connectivity index (χ3n) is 6.45. The number of rotatable bonds is 0. The third-order valence-corrected chi connectivity index (χ3v) is 6.45. The second kappa shape index (κ2) is 4.24. The zero-order valence-corrected chi connectivity index (χ0v) is 12.7. The molecular weight excluding hydrogens is 246 g/mol. The summed E-state index contributed by atoms with van der Waals surface area (Å²) in [4.78, 5) is 2.60. The Bertz CT molecular complexity index is 553. The predicted octanol–water partition coefficient (Wildman–Crippen LogP) is 3.39. The first kappa shape index (κ1) is 12.7. The predicted molar refractivity (Wildman–Crippen MR) is 81.2 cm³/mol. The van der Waals surface area contributed by atoms with E-state index in [-0.39, 0.29) is 0 Å². The Morgan fingerprint density at radius 1 is 1.25 bits per heavy atom. The molecule has 0 amide bonds. The van der Waals surface area contributed by atoms with Crippen LogP contribution in [0.5, 0.6) is 5.75 Å². The van der Waals surface area contributed by atoms with E-state index in [2.05, 4.69) is 24.9 Å². The number of aromatic hydroxyl groups is 1. The third kappa shape index (κ3) is 1.54. The van der Waals surface area contributed by atoms with Gasteiger partial charge in [-0.15, -0.1) is 0 Å². The van der Waals surface area contributed by atoms with E-state index in [9.17, 15) is 5.11 Å². The molecule has 2 aliphatic carbocycles. The first-order chi connectivity index (χ1) is 9.62. The molecule has 1 N–H and O–H groups in total. The molecule has 1 heterocycles. The van der Waals surface area contributed by atoms with Gasteiger partial charge < -0.3 is 10.0 Å². The van der Waals surface area contributed by atoms with E-state index in [1.165, 1.54) is 61.8 Å². The van der Waals surface area contributed by atoms with Crippen molar-refractivity contribution >= 4 is 0 Å². The number of nitrogens with zero attached hydrogens (tertiary/aromatic N) is 1. The van der Waals surface area contributed by atoms with Crippen LogP contribution in [0.15, 0.2) is 12.1 Å². The molecule has 0 radical (unpaired) electrons. The van der Waals surface area contributed by atoms with Gasteiger partial charge in [0.15, 0.2) is 0 Å². The smallest absolute Gasteiger partial charge is 0.116 e. The van der Waals surface area contributed by atoms with E-state index in [0.29, 0.717) is 11.2 Å². The maximum absolute atomic E-state index is 10.1. The Balaban J connectivity index is 1.94. The fourth-order valence-electron chi connectivity index (χ4n) is 5.48. The van der Waals surface area contributed by atoms with Gasteiger partial charge >= 0.3 is 0 Å². The number of phenolic OH excluding ortho intramolecular Hbond substituents is 1.